The molecule has 0 bridgehead atoms. The van der Waals surface area contributed by atoms with E-state index in [0.29, 0.717) is 24.2 Å². The van der Waals surface area contributed by atoms with Gasteiger partial charge in [-0.15, -0.1) is 0 Å². The topological polar surface area (TPSA) is 106 Å². The average molecular weight is 328 g/mol. The van der Waals surface area contributed by atoms with Crippen LogP contribution in [0, 0.1) is 0 Å². The highest BCUT2D eigenvalue weighted by Crippen LogP contribution is 2.27. The number of aromatic hydroxyl groups is 4. The van der Waals surface area contributed by atoms with Crippen molar-refractivity contribution in [3.05, 3.63) is 47.5 Å². The van der Waals surface area contributed by atoms with E-state index in [9.17, 15) is 20.4 Å². The van der Waals surface area contributed by atoms with Crippen LogP contribution in [-0.4, -0.2) is 45.9 Å². The first-order valence-corrected chi connectivity index (χ1v) is 7.61. The molecule has 0 saturated heterocycles. The van der Waals surface area contributed by atoms with Gasteiger partial charge in [0.15, 0.2) is 23.0 Å². The molecule has 0 aliphatic carbocycles. The molecule has 126 valence electrons. The van der Waals surface area contributed by atoms with E-state index in [4.69, 9.17) is 0 Å². The number of phenolic OH excluding ortho intramolecular Hbond substituents is 4. The Morgan fingerprint density at radius 1 is 0.667 bits per heavy atom. The summed E-state index contributed by atoms with van der Waals surface area (Å²) in [4.78, 5) is 8.41. The van der Waals surface area contributed by atoms with Crippen molar-refractivity contribution in [1.29, 1.82) is 0 Å². The molecule has 2 aromatic rings. The van der Waals surface area contributed by atoms with Crippen LogP contribution in [0.1, 0.15) is 24.0 Å². The highest BCUT2D eigenvalue weighted by Gasteiger charge is 2.03. The number of rotatable bonds is 7. The van der Waals surface area contributed by atoms with Crippen LogP contribution < -0.4 is 0 Å². The van der Waals surface area contributed by atoms with Gasteiger partial charge < -0.3 is 20.4 Å². The Morgan fingerprint density at radius 2 is 1.08 bits per heavy atom. The highest BCUT2D eigenvalue weighted by atomic mass is 16.3. The maximum absolute atomic E-state index is 9.62. The zero-order chi connectivity index (χ0) is 17.4. The number of unbranched alkanes of at least 4 members (excludes halogenated alkanes) is 1. The van der Waals surface area contributed by atoms with Crippen molar-refractivity contribution in [2.75, 3.05) is 13.1 Å². The summed E-state index contributed by atoms with van der Waals surface area (Å²) >= 11 is 0. The molecular formula is C18H20N2O4. The smallest absolute Gasteiger partial charge is 0.166 e. The third kappa shape index (κ3) is 4.74. The average Bonchev–Trinajstić information content (AvgIpc) is 2.57. The summed E-state index contributed by atoms with van der Waals surface area (Å²) in [6.07, 6.45) is 4.70. The third-order valence-electron chi connectivity index (χ3n) is 3.38. The molecule has 0 aliphatic rings. The molecule has 2 rings (SSSR count). The number of hydrogen-bond donors (Lipinski definition) is 4. The number of nitrogens with zero attached hydrogens (tertiary/aromatic N) is 2. The summed E-state index contributed by atoms with van der Waals surface area (Å²) in [5.74, 6) is -0.666. The normalized spacial score (nSPS) is 11.5. The lowest BCUT2D eigenvalue weighted by Crippen LogP contribution is -1.90. The van der Waals surface area contributed by atoms with E-state index in [1.807, 2.05) is 0 Å². The monoisotopic (exact) mass is 328 g/mol. The first-order valence-electron chi connectivity index (χ1n) is 7.61. The van der Waals surface area contributed by atoms with E-state index in [0.717, 1.165) is 12.8 Å². The maximum atomic E-state index is 9.62. The Bertz CT molecular complexity index is 678. The second-order valence-corrected chi connectivity index (χ2v) is 5.21. The molecule has 0 saturated carbocycles. The van der Waals surface area contributed by atoms with Crippen LogP contribution in [0.25, 0.3) is 0 Å². The Kier molecular flexibility index (Phi) is 6.19. The second-order valence-electron chi connectivity index (χ2n) is 5.21. The van der Waals surface area contributed by atoms with E-state index in [2.05, 4.69) is 9.98 Å². The molecule has 0 fully saturated rings. The van der Waals surface area contributed by atoms with Crippen molar-refractivity contribution in [1.82, 2.24) is 0 Å². The molecule has 2 aromatic carbocycles. The van der Waals surface area contributed by atoms with Gasteiger partial charge in [-0.1, -0.05) is 12.1 Å². The summed E-state index contributed by atoms with van der Waals surface area (Å²) in [6.45, 7) is 1.17. The third-order valence-corrected chi connectivity index (χ3v) is 3.38. The molecule has 0 radical (unpaired) electrons. The lowest BCUT2D eigenvalue weighted by Gasteiger charge is -2.01. The molecule has 0 aromatic heterocycles. The van der Waals surface area contributed by atoms with Crippen LogP contribution in [-0.2, 0) is 0 Å². The lowest BCUT2D eigenvalue weighted by atomic mass is 10.2. The fourth-order valence-electron chi connectivity index (χ4n) is 2.04. The van der Waals surface area contributed by atoms with Crippen molar-refractivity contribution in [3.63, 3.8) is 0 Å². The number of phenols is 4. The molecule has 0 unspecified atom stereocenters. The standard InChI is InChI=1S/C18H20N2O4/c21-15-7-3-5-13(17(15)23)11-19-9-1-2-10-20-12-14-6-4-8-16(22)18(14)24/h3-8,11-12,21-24H,1-2,9-10H2. The van der Waals surface area contributed by atoms with Crippen molar-refractivity contribution >= 4 is 12.4 Å². The van der Waals surface area contributed by atoms with Crippen molar-refractivity contribution in [2.45, 2.75) is 12.8 Å². The van der Waals surface area contributed by atoms with Gasteiger partial charge in [-0.05, 0) is 37.1 Å². The molecule has 0 atom stereocenters. The van der Waals surface area contributed by atoms with Gasteiger partial charge in [0.05, 0.1) is 0 Å². The molecule has 6 nitrogen and oxygen atoms in total. The predicted molar refractivity (Wildman–Crippen MR) is 93.7 cm³/mol. The molecule has 4 N–H and O–H groups in total. The molecular weight excluding hydrogens is 308 g/mol. The Labute approximate surface area is 140 Å². The zero-order valence-electron chi connectivity index (χ0n) is 13.1. The Hall–Kier alpha value is -3.02. The van der Waals surface area contributed by atoms with Gasteiger partial charge in [0.25, 0.3) is 0 Å². The lowest BCUT2D eigenvalue weighted by molar-refractivity contribution is 0.403. The van der Waals surface area contributed by atoms with Crippen LogP contribution in [0.3, 0.4) is 0 Å². The van der Waals surface area contributed by atoms with Crippen LogP contribution in [0.2, 0.25) is 0 Å². The van der Waals surface area contributed by atoms with E-state index < -0.39 is 0 Å². The van der Waals surface area contributed by atoms with Crippen LogP contribution in [0.15, 0.2) is 46.4 Å². The first kappa shape index (κ1) is 17.3. The summed E-state index contributed by atoms with van der Waals surface area (Å²) in [6, 6.07) is 9.45. The van der Waals surface area contributed by atoms with E-state index >= 15 is 0 Å². The summed E-state index contributed by atoms with van der Waals surface area (Å²) < 4.78 is 0. The number of benzene rings is 2. The molecule has 0 amide bonds. The van der Waals surface area contributed by atoms with Crippen LogP contribution in [0.5, 0.6) is 23.0 Å². The minimum Gasteiger partial charge on any atom is -0.504 e. The molecule has 0 aliphatic heterocycles. The number of hydrogen-bond acceptors (Lipinski definition) is 6. The SMILES string of the molecule is Oc1cccc(C=NCCCCN=Cc2cccc(O)c2O)c1O. The summed E-state index contributed by atoms with van der Waals surface area (Å²) in [7, 11) is 0. The van der Waals surface area contributed by atoms with Gasteiger partial charge in [0, 0.05) is 36.6 Å². The van der Waals surface area contributed by atoms with Gasteiger partial charge in [0.2, 0.25) is 0 Å². The highest BCUT2D eigenvalue weighted by molar-refractivity contribution is 5.85. The van der Waals surface area contributed by atoms with Gasteiger partial charge in [-0.25, -0.2) is 0 Å². The quantitative estimate of drug-likeness (QED) is 0.356. The van der Waals surface area contributed by atoms with E-state index in [-0.39, 0.29) is 23.0 Å². The first-order chi connectivity index (χ1) is 11.6. The van der Waals surface area contributed by atoms with Crippen LogP contribution >= 0.6 is 0 Å². The van der Waals surface area contributed by atoms with Gasteiger partial charge in [0.1, 0.15) is 0 Å². The Morgan fingerprint density at radius 3 is 1.50 bits per heavy atom. The molecule has 0 spiro atoms. The minimum atomic E-state index is -0.170. The van der Waals surface area contributed by atoms with Gasteiger partial charge in [-0.3, -0.25) is 9.98 Å². The van der Waals surface area contributed by atoms with Crippen molar-refractivity contribution < 1.29 is 20.4 Å². The molecule has 0 heterocycles. The molecule has 6 heteroatoms. The van der Waals surface area contributed by atoms with Gasteiger partial charge >= 0.3 is 0 Å². The predicted octanol–water partition coefficient (Wildman–Crippen LogP) is 2.83. The Balaban J connectivity index is 1.72. The van der Waals surface area contributed by atoms with E-state index in [1.165, 1.54) is 24.6 Å². The van der Waals surface area contributed by atoms with Gasteiger partial charge in [-0.2, -0.15) is 0 Å². The maximum Gasteiger partial charge on any atom is 0.166 e. The fraction of sp³-hybridized carbons (Fsp3) is 0.222. The number of para-hydroxylation sites is 2. The zero-order valence-corrected chi connectivity index (χ0v) is 13.1. The largest absolute Gasteiger partial charge is 0.504 e. The molecule has 24 heavy (non-hydrogen) atoms. The second kappa shape index (κ2) is 8.57. The number of aliphatic imine (C=N–C) groups is 2. The summed E-state index contributed by atoms with van der Waals surface area (Å²) in [5.41, 5.74) is 0.958. The minimum absolute atomic E-state index is 0.163. The van der Waals surface area contributed by atoms with E-state index in [1.54, 1.807) is 24.3 Å². The van der Waals surface area contributed by atoms with Crippen molar-refractivity contribution in [2.24, 2.45) is 9.98 Å². The van der Waals surface area contributed by atoms with Crippen molar-refractivity contribution in [3.8, 4) is 23.0 Å². The van der Waals surface area contributed by atoms with Crippen LogP contribution in [0.4, 0.5) is 0 Å². The summed E-state index contributed by atoms with van der Waals surface area (Å²) in [5, 5.41) is 38.0. The fourth-order valence-corrected chi connectivity index (χ4v) is 2.04.